The molecule has 0 bridgehead atoms. The SMILES string of the molecule is O=C(Nc1cc(Cl)ccc1OCC1CCCO1)c1cccc(OCc2cn3ccccc3n2)c1. The molecule has 3 heterocycles. The van der Waals surface area contributed by atoms with Crippen LogP contribution in [0.3, 0.4) is 0 Å². The van der Waals surface area contributed by atoms with E-state index in [1.54, 1.807) is 36.4 Å². The van der Waals surface area contributed by atoms with Crippen LogP contribution in [0.2, 0.25) is 5.02 Å². The molecule has 1 N–H and O–H groups in total. The van der Waals surface area contributed by atoms with Crippen molar-refractivity contribution in [1.29, 1.82) is 0 Å². The van der Waals surface area contributed by atoms with E-state index in [9.17, 15) is 4.79 Å². The molecule has 2 aromatic heterocycles. The number of rotatable bonds is 8. The second-order valence-corrected chi connectivity index (χ2v) is 8.49. The van der Waals surface area contributed by atoms with Gasteiger partial charge in [0.1, 0.15) is 30.4 Å². The van der Waals surface area contributed by atoms with Gasteiger partial charge in [-0.3, -0.25) is 4.79 Å². The number of benzene rings is 2. The maximum Gasteiger partial charge on any atom is 0.255 e. The Hall–Kier alpha value is -3.55. The van der Waals surface area contributed by atoms with Gasteiger partial charge < -0.3 is 23.9 Å². The summed E-state index contributed by atoms with van der Waals surface area (Å²) in [4.78, 5) is 17.5. The van der Waals surface area contributed by atoms with Crippen LogP contribution in [-0.4, -0.2) is 34.6 Å². The summed E-state index contributed by atoms with van der Waals surface area (Å²) in [5, 5.41) is 3.41. The van der Waals surface area contributed by atoms with Crippen LogP contribution >= 0.6 is 11.6 Å². The Morgan fingerprint density at radius 1 is 1.15 bits per heavy atom. The fraction of sp³-hybridized carbons (Fsp3) is 0.231. The molecule has 1 saturated heterocycles. The number of hydrogen-bond donors (Lipinski definition) is 1. The highest BCUT2D eigenvalue weighted by Gasteiger charge is 2.18. The van der Waals surface area contributed by atoms with Gasteiger partial charge in [-0.1, -0.05) is 23.7 Å². The van der Waals surface area contributed by atoms with Crippen molar-refractivity contribution in [3.05, 3.63) is 89.3 Å². The second-order valence-electron chi connectivity index (χ2n) is 8.06. The smallest absolute Gasteiger partial charge is 0.255 e. The van der Waals surface area contributed by atoms with Crippen molar-refractivity contribution in [2.45, 2.75) is 25.6 Å². The minimum absolute atomic E-state index is 0.0703. The largest absolute Gasteiger partial charge is 0.489 e. The molecule has 0 saturated carbocycles. The number of fused-ring (bicyclic) bond motifs is 1. The van der Waals surface area contributed by atoms with Crippen LogP contribution in [0.4, 0.5) is 5.69 Å². The molecule has 1 atom stereocenters. The highest BCUT2D eigenvalue weighted by atomic mass is 35.5. The number of aromatic nitrogens is 2. The Kier molecular flexibility index (Phi) is 6.65. The van der Waals surface area contributed by atoms with Gasteiger partial charge in [-0.2, -0.15) is 0 Å². The zero-order valence-corrected chi connectivity index (χ0v) is 19.2. The van der Waals surface area contributed by atoms with Crippen molar-refractivity contribution in [3.8, 4) is 11.5 Å². The predicted octanol–water partition coefficient (Wildman–Crippen LogP) is 5.38. The zero-order chi connectivity index (χ0) is 23.3. The molecular formula is C26H24ClN3O4. The van der Waals surface area contributed by atoms with E-state index in [0.29, 0.717) is 41.0 Å². The Labute approximate surface area is 202 Å². The molecule has 2 aromatic carbocycles. The highest BCUT2D eigenvalue weighted by Crippen LogP contribution is 2.29. The van der Waals surface area contributed by atoms with Crippen molar-refractivity contribution in [2.24, 2.45) is 0 Å². The number of amides is 1. The lowest BCUT2D eigenvalue weighted by Gasteiger charge is -2.16. The third-order valence-corrected chi connectivity index (χ3v) is 5.77. The molecule has 0 spiro atoms. The number of nitrogens with zero attached hydrogens (tertiary/aromatic N) is 2. The predicted molar refractivity (Wildman–Crippen MR) is 130 cm³/mol. The Bertz CT molecular complexity index is 1270. The van der Waals surface area contributed by atoms with Gasteiger partial charge in [0.15, 0.2) is 0 Å². The average molecular weight is 478 g/mol. The van der Waals surface area contributed by atoms with E-state index in [1.165, 1.54) is 0 Å². The Morgan fingerprint density at radius 3 is 2.94 bits per heavy atom. The number of nitrogens with one attached hydrogen (secondary N) is 1. The monoisotopic (exact) mass is 477 g/mol. The van der Waals surface area contributed by atoms with Crippen molar-refractivity contribution < 1.29 is 19.0 Å². The minimum Gasteiger partial charge on any atom is -0.489 e. The lowest BCUT2D eigenvalue weighted by Crippen LogP contribution is -2.18. The standard InChI is InChI=1S/C26H24ClN3O4/c27-19-9-10-24(34-17-22-7-4-12-32-22)23(14-19)29-26(31)18-5-3-6-21(13-18)33-16-20-15-30-11-2-1-8-25(30)28-20/h1-3,5-6,8-11,13-15,22H,4,7,12,16-17H2,(H,29,31). The lowest BCUT2D eigenvalue weighted by atomic mass is 10.2. The summed E-state index contributed by atoms with van der Waals surface area (Å²) < 4.78 is 19.4. The summed E-state index contributed by atoms with van der Waals surface area (Å²) in [7, 11) is 0. The van der Waals surface area contributed by atoms with E-state index >= 15 is 0 Å². The highest BCUT2D eigenvalue weighted by molar-refractivity contribution is 6.31. The molecule has 7 nitrogen and oxygen atoms in total. The summed E-state index contributed by atoms with van der Waals surface area (Å²) >= 11 is 6.17. The van der Waals surface area contributed by atoms with E-state index < -0.39 is 0 Å². The number of anilines is 1. The lowest BCUT2D eigenvalue weighted by molar-refractivity contribution is 0.0682. The fourth-order valence-electron chi connectivity index (χ4n) is 3.82. The minimum atomic E-state index is -0.289. The molecule has 34 heavy (non-hydrogen) atoms. The first-order valence-electron chi connectivity index (χ1n) is 11.1. The molecule has 1 aliphatic rings. The third-order valence-electron chi connectivity index (χ3n) is 5.54. The number of ether oxygens (including phenoxy) is 3. The molecule has 174 valence electrons. The van der Waals surface area contributed by atoms with Crippen LogP contribution in [0.5, 0.6) is 11.5 Å². The molecule has 0 radical (unpaired) electrons. The molecule has 1 amide bonds. The molecule has 1 aliphatic heterocycles. The van der Waals surface area contributed by atoms with Crippen LogP contribution in [0.15, 0.2) is 73.1 Å². The Morgan fingerprint density at radius 2 is 2.09 bits per heavy atom. The summed E-state index contributed by atoms with van der Waals surface area (Å²) in [5.41, 5.74) is 2.62. The summed E-state index contributed by atoms with van der Waals surface area (Å²) in [6.45, 7) is 1.48. The van der Waals surface area contributed by atoms with Crippen LogP contribution in [0.1, 0.15) is 28.9 Å². The van der Waals surface area contributed by atoms with Crippen molar-refractivity contribution in [1.82, 2.24) is 9.38 Å². The second kappa shape index (κ2) is 10.2. The van der Waals surface area contributed by atoms with Crippen LogP contribution in [0, 0.1) is 0 Å². The van der Waals surface area contributed by atoms with Crippen molar-refractivity contribution in [3.63, 3.8) is 0 Å². The van der Waals surface area contributed by atoms with Crippen LogP contribution < -0.4 is 14.8 Å². The van der Waals surface area contributed by atoms with Gasteiger partial charge in [-0.25, -0.2) is 4.98 Å². The van der Waals surface area contributed by atoms with Gasteiger partial charge in [0, 0.05) is 29.6 Å². The van der Waals surface area contributed by atoms with Gasteiger partial charge in [0.25, 0.3) is 5.91 Å². The maximum absolute atomic E-state index is 13.0. The number of carbonyl (C=O) groups excluding carboxylic acids is 1. The average Bonchev–Trinajstić information content (AvgIpc) is 3.52. The van der Waals surface area contributed by atoms with Gasteiger partial charge in [0.05, 0.1) is 17.5 Å². The number of halogens is 1. The number of pyridine rings is 1. The Balaban J connectivity index is 1.25. The van der Waals surface area contributed by atoms with Gasteiger partial charge in [-0.15, -0.1) is 0 Å². The first-order valence-corrected chi connectivity index (χ1v) is 11.5. The van der Waals surface area contributed by atoms with Gasteiger partial charge >= 0.3 is 0 Å². The molecule has 1 fully saturated rings. The topological polar surface area (TPSA) is 74.1 Å². The first kappa shape index (κ1) is 22.3. The van der Waals surface area contributed by atoms with E-state index in [0.717, 1.165) is 30.8 Å². The molecule has 0 aliphatic carbocycles. The van der Waals surface area contributed by atoms with E-state index in [4.69, 9.17) is 25.8 Å². The van der Waals surface area contributed by atoms with E-state index in [1.807, 2.05) is 41.1 Å². The number of carbonyl (C=O) groups is 1. The fourth-order valence-corrected chi connectivity index (χ4v) is 3.99. The third kappa shape index (κ3) is 5.32. The first-order chi connectivity index (χ1) is 16.6. The van der Waals surface area contributed by atoms with Gasteiger partial charge in [0.2, 0.25) is 0 Å². The van der Waals surface area contributed by atoms with Gasteiger partial charge in [-0.05, 0) is 61.4 Å². The molecule has 5 rings (SSSR count). The molecule has 4 aromatic rings. The van der Waals surface area contributed by atoms with Crippen LogP contribution in [-0.2, 0) is 11.3 Å². The van der Waals surface area contributed by atoms with Crippen molar-refractivity contribution >= 4 is 28.8 Å². The quantitative estimate of drug-likeness (QED) is 0.369. The summed E-state index contributed by atoms with van der Waals surface area (Å²) in [6.07, 6.45) is 5.93. The van der Waals surface area contributed by atoms with E-state index in [-0.39, 0.29) is 12.0 Å². The van der Waals surface area contributed by atoms with Crippen LogP contribution in [0.25, 0.3) is 5.65 Å². The molecule has 1 unspecified atom stereocenters. The molecular weight excluding hydrogens is 454 g/mol. The maximum atomic E-state index is 13.0. The zero-order valence-electron chi connectivity index (χ0n) is 18.4. The normalized spacial score (nSPS) is 15.4. The van der Waals surface area contributed by atoms with Crippen molar-refractivity contribution in [2.75, 3.05) is 18.5 Å². The number of hydrogen-bond acceptors (Lipinski definition) is 5. The summed E-state index contributed by atoms with van der Waals surface area (Å²) in [5.74, 6) is 0.834. The van der Waals surface area contributed by atoms with E-state index in [2.05, 4.69) is 10.3 Å². The molecule has 8 heteroatoms. The summed E-state index contributed by atoms with van der Waals surface area (Å²) in [6, 6.07) is 18.0. The number of imidazole rings is 1.